The molecule has 2 bridgehead atoms. The molecule has 4 aromatic rings. The summed E-state index contributed by atoms with van der Waals surface area (Å²) in [5.41, 5.74) is 4.63. The molecule has 5 aliphatic rings. The van der Waals surface area contributed by atoms with E-state index in [0.29, 0.717) is 54.3 Å². The van der Waals surface area contributed by atoms with Crippen molar-refractivity contribution < 1.29 is 29.4 Å². The molecule has 0 saturated heterocycles. The van der Waals surface area contributed by atoms with Crippen molar-refractivity contribution >= 4 is 58.3 Å². The molecule has 328 valence electrons. The molecule has 0 radical (unpaired) electrons. The molecular formula is C46H54Cl2N8O6. The summed E-state index contributed by atoms with van der Waals surface area (Å²) in [5.74, 6) is -1.58. The number of nitrogens with zero attached hydrogens (tertiary/aromatic N) is 6. The summed E-state index contributed by atoms with van der Waals surface area (Å²) in [6, 6.07) is 10.9. The van der Waals surface area contributed by atoms with Crippen LogP contribution in [0.4, 0.5) is 11.4 Å². The van der Waals surface area contributed by atoms with E-state index >= 15 is 0 Å². The van der Waals surface area contributed by atoms with Gasteiger partial charge in [-0.25, -0.2) is 9.97 Å². The molecule has 3 fully saturated rings. The van der Waals surface area contributed by atoms with Gasteiger partial charge in [0.15, 0.2) is 11.6 Å². The molecule has 2 aromatic heterocycles. The lowest BCUT2D eigenvalue weighted by Crippen LogP contribution is -2.44. The normalized spacial score (nSPS) is 25.9. The number of hydrogen-bond donors (Lipinski definition) is 4. The lowest BCUT2D eigenvalue weighted by atomic mass is 9.73. The van der Waals surface area contributed by atoms with E-state index in [1.165, 1.54) is 0 Å². The predicted molar refractivity (Wildman–Crippen MR) is 236 cm³/mol. The first-order valence-electron chi connectivity index (χ1n) is 21.8. The fourth-order valence-corrected chi connectivity index (χ4v) is 11.8. The molecule has 3 saturated carbocycles. The Bertz CT molecular complexity index is 2480. The van der Waals surface area contributed by atoms with Crippen LogP contribution >= 0.6 is 23.2 Å². The van der Waals surface area contributed by atoms with Gasteiger partial charge in [-0.15, -0.1) is 0 Å². The number of nitrogens with one attached hydrogen (secondary N) is 2. The predicted octanol–water partition coefficient (Wildman–Crippen LogP) is 7.81. The molecule has 16 heteroatoms. The second-order valence-corrected chi connectivity index (χ2v) is 19.6. The fourth-order valence-electron chi connectivity index (χ4n) is 11.2. The van der Waals surface area contributed by atoms with Crippen LogP contribution < -0.4 is 10.6 Å². The van der Waals surface area contributed by atoms with Gasteiger partial charge in [0.25, 0.3) is 11.8 Å². The van der Waals surface area contributed by atoms with Crippen LogP contribution in [0.2, 0.25) is 10.0 Å². The molecule has 14 nitrogen and oxygen atoms in total. The van der Waals surface area contributed by atoms with Crippen LogP contribution in [-0.4, -0.2) is 88.5 Å². The smallest absolute Gasteiger partial charge is 0.309 e. The SMILES string of the molecule is Cn1c(C(=O)Nc2cccc(-c3cccc(NC(=O)c4nc5c(n4C)CCN([C@H]4CC[C@@](C)(C(=O)O)CC4)C5)c3Cl)c2Cl)nc2c1CCN(CCC13CCC(C(=O)O)(CC1)C3)C2. The molecule has 4 heterocycles. The number of aliphatic carboxylic acids is 2. The van der Waals surface area contributed by atoms with E-state index in [1.54, 1.807) is 24.3 Å². The standard InChI is InChI=1S/C46H54Cl2N8O6/c1-44(42(59)60)14-10-27(11-15-44)56-22-13-35-33(25-56)50-39(54(35)3)41(58)52-31-9-5-7-29(37(31)48)28-6-4-8-30(36(28)47)51-40(57)38-49-32-24-55(21-12-34(32)53(38)2)23-20-45-16-18-46(26-45,19-17-45)43(61)62/h4-9,27H,10-26H2,1-3H3,(H,51,57)(H,52,58)(H,59,60)(H,61,62)/t27-,44+,45?,46?. The quantitative estimate of drug-likeness (QED) is 0.116. The van der Waals surface area contributed by atoms with Crippen molar-refractivity contribution in [2.24, 2.45) is 30.3 Å². The fraction of sp³-hybridized carbons (Fsp3) is 0.522. The van der Waals surface area contributed by atoms with Gasteiger partial charge in [0, 0.05) is 81.7 Å². The number of halogens is 2. The van der Waals surface area contributed by atoms with Crippen LogP contribution in [0.1, 0.15) is 115 Å². The molecule has 2 amide bonds. The molecule has 0 spiro atoms. The van der Waals surface area contributed by atoms with Crippen molar-refractivity contribution in [1.29, 1.82) is 0 Å². The molecule has 2 aliphatic heterocycles. The summed E-state index contributed by atoms with van der Waals surface area (Å²) in [7, 11) is 3.71. The van der Waals surface area contributed by atoms with Gasteiger partial charge in [-0.3, -0.25) is 29.0 Å². The van der Waals surface area contributed by atoms with E-state index in [4.69, 9.17) is 33.2 Å². The number of fused-ring (bicyclic) bond motifs is 4. The summed E-state index contributed by atoms with van der Waals surface area (Å²) in [4.78, 5) is 65.7. The minimum atomic E-state index is -0.728. The molecule has 4 N–H and O–H groups in total. The number of amides is 2. The average Bonchev–Trinajstić information content (AvgIpc) is 4.02. The lowest BCUT2D eigenvalue weighted by molar-refractivity contribution is -0.150. The van der Waals surface area contributed by atoms with E-state index in [9.17, 15) is 29.4 Å². The Kier molecular flexibility index (Phi) is 11.0. The molecule has 0 unspecified atom stereocenters. The molecular weight excluding hydrogens is 831 g/mol. The highest BCUT2D eigenvalue weighted by molar-refractivity contribution is 6.40. The van der Waals surface area contributed by atoms with Crippen molar-refractivity contribution in [1.82, 2.24) is 28.9 Å². The van der Waals surface area contributed by atoms with Crippen molar-refractivity contribution in [3.05, 3.63) is 80.9 Å². The monoisotopic (exact) mass is 884 g/mol. The summed E-state index contributed by atoms with van der Waals surface area (Å²) in [6.45, 7) is 5.63. The number of aromatic nitrogens is 4. The summed E-state index contributed by atoms with van der Waals surface area (Å²) >= 11 is 14.0. The van der Waals surface area contributed by atoms with Gasteiger partial charge in [-0.05, 0) is 95.2 Å². The number of carbonyl (C=O) groups excluding carboxylic acids is 2. The third kappa shape index (κ3) is 7.50. The van der Waals surface area contributed by atoms with Crippen LogP contribution in [0.5, 0.6) is 0 Å². The minimum Gasteiger partial charge on any atom is -0.481 e. The Hall–Kier alpha value is -4.76. The number of imidazole rings is 2. The van der Waals surface area contributed by atoms with E-state index < -0.39 is 28.7 Å². The maximum atomic E-state index is 13.8. The van der Waals surface area contributed by atoms with Gasteiger partial charge in [0.2, 0.25) is 0 Å². The second kappa shape index (κ2) is 16.1. The van der Waals surface area contributed by atoms with E-state index in [1.807, 2.05) is 42.3 Å². The van der Waals surface area contributed by atoms with Crippen molar-refractivity contribution in [2.75, 3.05) is 30.3 Å². The third-order valence-electron chi connectivity index (χ3n) is 15.3. The van der Waals surface area contributed by atoms with E-state index in [0.717, 1.165) is 107 Å². The second-order valence-electron chi connectivity index (χ2n) is 18.9. The summed E-state index contributed by atoms with van der Waals surface area (Å²) < 4.78 is 3.71. The Balaban J connectivity index is 0.849. The lowest BCUT2D eigenvalue weighted by Gasteiger charge is -2.41. The molecule has 0 atom stereocenters. The minimum absolute atomic E-state index is 0.122. The Morgan fingerprint density at radius 3 is 1.79 bits per heavy atom. The van der Waals surface area contributed by atoms with Gasteiger partial charge in [-0.2, -0.15) is 0 Å². The Morgan fingerprint density at radius 1 is 0.742 bits per heavy atom. The number of carboxylic acid groups (broad SMARTS) is 2. The maximum absolute atomic E-state index is 13.8. The largest absolute Gasteiger partial charge is 0.481 e. The summed E-state index contributed by atoms with van der Waals surface area (Å²) in [5, 5.41) is 26.0. The number of hydrogen-bond acceptors (Lipinski definition) is 8. The van der Waals surface area contributed by atoms with Crippen molar-refractivity contribution in [3.63, 3.8) is 0 Å². The van der Waals surface area contributed by atoms with Crippen molar-refractivity contribution in [3.8, 4) is 11.1 Å². The van der Waals surface area contributed by atoms with Crippen molar-refractivity contribution in [2.45, 2.75) is 103 Å². The highest BCUT2D eigenvalue weighted by Crippen LogP contribution is 2.63. The first-order chi connectivity index (χ1) is 29.6. The van der Waals surface area contributed by atoms with E-state index in [-0.39, 0.29) is 33.2 Å². The molecule has 62 heavy (non-hydrogen) atoms. The number of benzene rings is 2. The van der Waals surface area contributed by atoms with Gasteiger partial charge < -0.3 is 30.0 Å². The first kappa shape index (κ1) is 42.5. The van der Waals surface area contributed by atoms with Crippen LogP contribution in [0.3, 0.4) is 0 Å². The van der Waals surface area contributed by atoms with E-state index in [2.05, 4.69) is 20.4 Å². The number of anilines is 2. The highest BCUT2D eigenvalue weighted by Gasteiger charge is 2.57. The van der Waals surface area contributed by atoms with Gasteiger partial charge in [0.05, 0.1) is 43.6 Å². The Morgan fingerprint density at radius 2 is 1.27 bits per heavy atom. The highest BCUT2D eigenvalue weighted by atomic mass is 35.5. The Labute approximate surface area is 371 Å². The maximum Gasteiger partial charge on any atom is 0.309 e. The first-order valence-corrected chi connectivity index (χ1v) is 22.6. The molecule has 3 aliphatic carbocycles. The van der Waals surface area contributed by atoms with Gasteiger partial charge in [-0.1, -0.05) is 47.5 Å². The zero-order valence-electron chi connectivity index (χ0n) is 35.5. The van der Waals surface area contributed by atoms with Crippen LogP contribution in [0, 0.1) is 16.2 Å². The number of carbonyl (C=O) groups is 4. The van der Waals surface area contributed by atoms with Gasteiger partial charge in [0.1, 0.15) is 0 Å². The molecule has 2 aromatic carbocycles. The summed E-state index contributed by atoms with van der Waals surface area (Å²) in [6.07, 6.45) is 9.74. The van der Waals surface area contributed by atoms with Crippen LogP contribution in [0.25, 0.3) is 11.1 Å². The average molecular weight is 886 g/mol. The van der Waals surface area contributed by atoms with Crippen LogP contribution in [-0.2, 0) is 49.6 Å². The zero-order chi connectivity index (χ0) is 43.7. The molecule has 9 rings (SSSR count). The van der Waals surface area contributed by atoms with Gasteiger partial charge >= 0.3 is 11.9 Å². The number of rotatable bonds is 11. The van der Waals surface area contributed by atoms with Crippen LogP contribution in [0.15, 0.2) is 36.4 Å². The third-order valence-corrected chi connectivity index (χ3v) is 16.1. The zero-order valence-corrected chi connectivity index (χ0v) is 37.0. The number of carboxylic acids is 2. The topological polar surface area (TPSA) is 175 Å².